The second-order valence-electron chi connectivity index (χ2n) is 4.47. The van der Waals surface area contributed by atoms with Crippen LogP contribution in [0.2, 0.25) is 0 Å². The second kappa shape index (κ2) is 2.86. The van der Waals surface area contributed by atoms with Gasteiger partial charge in [0.2, 0.25) is 0 Å². The van der Waals surface area contributed by atoms with E-state index in [9.17, 15) is 4.79 Å². The van der Waals surface area contributed by atoms with Gasteiger partial charge in [-0.25, -0.2) is 0 Å². The summed E-state index contributed by atoms with van der Waals surface area (Å²) in [6.07, 6.45) is 5.73. The Morgan fingerprint density at radius 3 is 2.92 bits per heavy atom. The largest absolute Gasteiger partial charge is 0.435 e. The summed E-state index contributed by atoms with van der Waals surface area (Å²) in [5.74, 6) is 1.22. The minimum absolute atomic E-state index is 0.0463. The fourth-order valence-corrected chi connectivity index (χ4v) is 3.13. The molecule has 0 spiro atoms. The maximum absolute atomic E-state index is 11.7. The molecule has 3 unspecified atom stereocenters. The Kier molecular flexibility index (Phi) is 1.94. The quantitative estimate of drug-likeness (QED) is 0.482. The van der Waals surface area contributed by atoms with Gasteiger partial charge in [0.25, 0.3) is 0 Å². The van der Waals surface area contributed by atoms with Gasteiger partial charge in [-0.05, 0) is 37.5 Å². The molecular formula is C11H16O2. The van der Waals surface area contributed by atoms with Gasteiger partial charge in [0, 0.05) is 0 Å². The molecule has 0 aromatic rings. The van der Waals surface area contributed by atoms with Crippen molar-refractivity contribution in [2.24, 2.45) is 17.3 Å². The fourth-order valence-electron chi connectivity index (χ4n) is 3.13. The molecular weight excluding hydrogens is 164 g/mol. The number of ether oxygens (including phenoxy) is 1. The Hall–Kier alpha value is -0.790. The fraction of sp³-hybridized carbons (Fsp3) is 0.727. The first-order valence-electron chi connectivity index (χ1n) is 5.01. The minimum Gasteiger partial charge on any atom is -0.435 e. The molecule has 0 aliphatic heterocycles. The van der Waals surface area contributed by atoms with Crippen LogP contribution in [0.15, 0.2) is 12.8 Å². The van der Waals surface area contributed by atoms with E-state index in [1.807, 2.05) is 0 Å². The molecule has 2 saturated carbocycles. The molecule has 13 heavy (non-hydrogen) atoms. The molecule has 0 heterocycles. The van der Waals surface area contributed by atoms with Gasteiger partial charge in [0.15, 0.2) is 0 Å². The smallest absolute Gasteiger partial charge is 0.317 e. The van der Waals surface area contributed by atoms with Crippen LogP contribution in [0.4, 0.5) is 0 Å². The molecule has 0 saturated heterocycles. The number of fused-ring (bicyclic) bond motifs is 2. The van der Waals surface area contributed by atoms with Crippen molar-refractivity contribution in [1.29, 1.82) is 0 Å². The zero-order valence-corrected chi connectivity index (χ0v) is 8.08. The summed E-state index contributed by atoms with van der Waals surface area (Å²) in [5, 5.41) is 0. The summed E-state index contributed by atoms with van der Waals surface area (Å²) in [4.78, 5) is 11.7. The van der Waals surface area contributed by atoms with Crippen molar-refractivity contribution in [1.82, 2.24) is 0 Å². The maximum atomic E-state index is 11.7. The molecule has 2 aliphatic carbocycles. The number of carbonyl (C=O) groups is 1. The minimum atomic E-state index is -0.154. The van der Waals surface area contributed by atoms with Crippen LogP contribution in [-0.4, -0.2) is 5.97 Å². The summed E-state index contributed by atoms with van der Waals surface area (Å²) in [5.41, 5.74) is -0.154. The van der Waals surface area contributed by atoms with Crippen molar-refractivity contribution < 1.29 is 9.53 Å². The van der Waals surface area contributed by atoms with Gasteiger partial charge in [-0.15, -0.1) is 0 Å². The highest BCUT2D eigenvalue weighted by Gasteiger charge is 2.55. The van der Waals surface area contributed by atoms with E-state index in [2.05, 4.69) is 13.5 Å². The Morgan fingerprint density at radius 1 is 1.69 bits per heavy atom. The number of carbonyl (C=O) groups excluding carboxylic acids is 1. The summed E-state index contributed by atoms with van der Waals surface area (Å²) in [6, 6.07) is 0. The van der Waals surface area contributed by atoms with E-state index < -0.39 is 0 Å². The lowest BCUT2D eigenvalue weighted by atomic mass is 9.76. The van der Waals surface area contributed by atoms with Crippen LogP contribution in [0.3, 0.4) is 0 Å². The third-order valence-electron chi connectivity index (χ3n) is 3.88. The topological polar surface area (TPSA) is 26.3 Å². The van der Waals surface area contributed by atoms with E-state index in [4.69, 9.17) is 4.74 Å². The zero-order chi connectivity index (χ0) is 9.47. The molecule has 2 rings (SSSR count). The van der Waals surface area contributed by atoms with Crippen LogP contribution < -0.4 is 0 Å². The predicted octanol–water partition coefficient (Wildman–Crippen LogP) is 2.50. The second-order valence-corrected chi connectivity index (χ2v) is 4.47. The first-order chi connectivity index (χ1) is 6.19. The lowest BCUT2D eigenvalue weighted by Gasteiger charge is -2.29. The zero-order valence-electron chi connectivity index (χ0n) is 8.08. The molecule has 0 aromatic heterocycles. The highest BCUT2D eigenvalue weighted by atomic mass is 16.5. The number of hydrogen-bond acceptors (Lipinski definition) is 2. The van der Waals surface area contributed by atoms with E-state index in [0.29, 0.717) is 5.92 Å². The molecule has 2 heteroatoms. The van der Waals surface area contributed by atoms with Crippen LogP contribution in [-0.2, 0) is 9.53 Å². The third-order valence-corrected chi connectivity index (χ3v) is 3.88. The van der Waals surface area contributed by atoms with Crippen molar-refractivity contribution in [2.75, 3.05) is 0 Å². The number of hydrogen-bond donors (Lipinski definition) is 0. The Labute approximate surface area is 79.0 Å². The third kappa shape index (κ3) is 1.11. The molecule has 0 aromatic carbocycles. The van der Waals surface area contributed by atoms with Gasteiger partial charge in [-0.3, -0.25) is 4.79 Å². The van der Waals surface area contributed by atoms with Crippen molar-refractivity contribution in [3.8, 4) is 0 Å². The van der Waals surface area contributed by atoms with Crippen LogP contribution >= 0.6 is 0 Å². The van der Waals surface area contributed by atoms with Crippen LogP contribution in [0.5, 0.6) is 0 Å². The maximum Gasteiger partial charge on any atom is 0.317 e. The molecule has 0 amide bonds. The van der Waals surface area contributed by atoms with Crippen LogP contribution in [0.1, 0.15) is 32.6 Å². The highest BCUT2D eigenvalue weighted by Crippen LogP contribution is 2.58. The highest BCUT2D eigenvalue weighted by molar-refractivity contribution is 5.78. The number of rotatable bonds is 2. The van der Waals surface area contributed by atoms with E-state index in [-0.39, 0.29) is 11.4 Å². The molecule has 0 N–H and O–H groups in total. The first kappa shape index (κ1) is 8.79. The first-order valence-corrected chi connectivity index (χ1v) is 5.01. The summed E-state index contributed by atoms with van der Waals surface area (Å²) in [7, 11) is 0. The standard InChI is InChI=1S/C11H16O2/c1-3-13-10(12)11-5-4-9(7-11)6-8(11)2/h3,8-9H,1,4-7H2,2H3. The average Bonchev–Trinajstić information content (AvgIpc) is 2.62. The normalized spacial score (nSPS) is 41.9. The lowest BCUT2D eigenvalue weighted by Crippen LogP contribution is -2.33. The Bertz CT molecular complexity index is 246. The van der Waals surface area contributed by atoms with Crippen molar-refractivity contribution in [2.45, 2.75) is 32.6 Å². The number of esters is 1. The SMILES string of the molecule is C=COC(=O)C12CCC(CC1C)C2. The summed E-state index contributed by atoms with van der Waals surface area (Å²) >= 11 is 0. The van der Waals surface area contributed by atoms with Crippen LogP contribution in [0.25, 0.3) is 0 Å². The summed E-state index contributed by atoms with van der Waals surface area (Å²) < 4.78 is 4.94. The molecule has 2 fully saturated rings. The lowest BCUT2D eigenvalue weighted by molar-refractivity contribution is -0.151. The molecule has 3 atom stereocenters. The molecule has 2 aliphatic rings. The monoisotopic (exact) mass is 180 g/mol. The van der Waals surface area contributed by atoms with Gasteiger partial charge in [-0.1, -0.05) is 13.5 Å². The average molecular weight is 180 g/mol. The van der Waals surface area contributed by atoms with E-state index in [1.54, 1.807) is 0 Å². The predicted molar refractivity (Wildman–Crippen MR) is 49.8 cm³/mol. The van der Waals surface area contributed by atoms with Gasteiger partial charge < -0.3 is 4.74 Å². The van der Waals surface area contributed by atoms with Gasteiger partial charge >= 0.3 is 5.97 Å². The summed E-state index contributed by atoms with van der Waals surface area (Å²) in [6.45, 7) is 5.60. The van der Waals surface area contributed by atoms with Gasteiger partial charge in [-0.2, -0.15) is 0 Å². The molecule has 2 nitrogen and oxygen atoms in total. The van der Waals surface area contributed by atoms with E-state index in [1.165, 1.54) is 19.1 Å². The van der Waals surface area contributed by atoms with Crippen LogP contribution in [0, 0.1) is 17.3 Å². The van der Waals surface area contributed by atoms with Crippen molar-refractivity contribution in [3.63, 3.8) is 0 Å². The molecule has 72 valence electrons. The molecule has 0 radical (unpaired) electrons. The van der Waals surface area contributed by atoms with Gasteiger partial charge in [0.05, 0.1) is 11.7 Å². The van der Waals surface area contributed by atoms with E-state index >= 15 is 0 Å². The van der Waals surface area contributed by atoms with Gasteiger partial charge in [0.1, 0.15) is 0 Å². The van der Waals surface area contributed by atoms with E-state index in [0.717, 1.165) is 18.8 Å². The Balaban J connectivity index is 2.18. The van der Waals surface area contributed by atoms with Crippen molar-refractivity contribution in [3.05, 3.63) is 12.8 Å². The Morgan fingerprint density at radius 2 is 2.46 bits per heavy atom. The molecule has 2 bridgehead atoms. The van der Waals surface area contributed by atoms with Crippen molar-refractivity contribution >= 4 is 5.97 Å².